The minimum absolute atomic E-state index is 0.333. The zero-order chi connectivity index (χ0) is 21.6. The third-order valence-electron chi connectivity index (χ3n) is 5.00. The second-order valence-corrected chi connectivity index (χ2v) is 7.93. The Balaban J connectivity index is 1.38. The summed E-state index contributed by atoms with van der Waals surface area (Å²) < 4.78 is 0. The summed E-state index contributed by atoms with van der Waals surface area (Å²) >= 11 is 5.95. The van der Waals surface area contributed by atoms with Crippen molar-refractivity contribution < 1.29 is 4.79 Å². The molecule has 4 rings (SSSR count). The van der Waals surface area contributed by atoms with Crippen molar-refractivity contribution in [1.82, 2.24) is 9.97 Å². The van der Waals surface area contributed by atoms with E-state index in [2.05, 4.69) is 30.8 Å². The van der Waals surface area contributed by atoms with Crippen molar-refractivity contribution in [2.75, 3.05) is 33.9 Å². The van der Waals surface area contributed by atoms with Crippen molar-refractivity contribution in [3.05, 3.63) is 65.4 Å². The molecule has 0 atom stereocenters. The Morgan fingerprint density at radius 3 is 2.35 bits per heavy atom. The predicted molar refractivity (Wildman–Crippen MR) is 127 cm³/mol. The summed E-state index contributed by atoms with van der Waals surface area (Å²) in [6, 6.07) is 16.1. The number of nitrogens with zero attached hydrogens (tertiary/aromatic N) is 3. The highest BCUT2D eigenvalue weighted by molar-refractivity contribution is 6.30. The van der Waals surface area contributed by atoms with Gasteiger partial charge in [-0.2, -0.15) is 0 Å². The molecule has 1 aliphatic rings. The average Bonchev–Trinajstić information content (AvgIpc) is 2.75. The van der Waals surface area contributed by atoms with Crippen LogP contribution in [0.3, 0.4) is 0 Å². The van der Waals surface area contributed by atoms with Crippen LogP contribution in [0.2, 0.25) is 5.02 Å². The number of nitrogens with one attached hydrogen (secondary N) is 3. The second kappa shape index (κ2) is 9.66. The van der Waals surface area contributed by atoms with Gasteiger partial charge in [-0.05, 0) is 68.7 Å². The lowest BCUT2D eigenvalue weighted by atomic mass is 10.1. The highest BCUT2D eigenvalue weighted by Gasteiger charge is 2.14. The molecule has 0 bridgehead atoms. The van der Waals surface area contributed by atoms with Crippen molar-refractivity contribution in [3.63, 3.8) is 0 Å². The van der Waals surface area contributed by atoms with Crippen LogP contribution in [0.1, 0.15) is 25.1 Å². The topological polar surface area (TPSA) is 82.2 Å². The van der Waals surface area contributed by atoms with Crippen LogP contribution in [0.4, 0.5) is 33.5 Å². The first kappa shape index (κ1) is 20.9. The molecule has 3 aromatic rings. The number of urea groups is 1. The van der Waals surface area contributed by atoms with E-state index in [1.54, 1.807) is 24.3 Å². The molecule has 3 N–H and O–H groups in total. The molecular weight excluding hydrogens is 412 g/mol. The van der Waals surface area contributed by atoms with Crippen molar-refractivity contribution >= 4 is 46.3 Å². The monoisotopic (exact) mass is 436 g/mol. The first-order valence-corrected chi connectivity index (χ1v) is 10.7. The van der Waals surface area contributed by atoms with E-state index in [-0.39, 0.29) is 6.03 Å². The highest BCUT2D eigenvalue weighted by atomic mass is 35.5. The summed E-state index contributed by atoms with van der Waals surface area (Å²) in [6.45, 7) is 3.98. The third kappa shape index (κ3) is 5.86. The van der Waals surface area contributed by atoms with Crippen LogP contribution in [-0.2, 0) is 0 Å². The molecule has 0 saturated carbocycles. The van der Waals surface area contributed by atoms with Gasteiger partial charge in [-0.15, -0.1) is 0 Å². The van der Waals surface area contributed by atoms with Crippen LogP contribution in [0.5, 0.6) is 0 Å². The van der Waals surface area contributed by atoms with Crippen molar-refractivity contribution in [3.8, 4) is 0 Å². The first-order valence-electron chi connectivity index (χ1n) is 10.4. The molecule has 0 unspecified atom stereocenters. The fourth-order valence-corrected chi connectivity index (χ4v) is 3.74. The van der Waals surface area contributed by atoms with Crippen LogP contribution < -0.4 is 20.9 Å². The Hall–Kier alpha value is -3.32. The van der Waals surface area contributed by atoms with Crippen LogP contribution in [0.15, 0.2) is 54.6 Å². The predicted octanol–water partition coefficient (Wildman–Crippen LogP) is 5.82. The zero-order valence-corrected chi connectivity index (χ0v) is 18.1. The Labute approximate surface area is 186 Å². The van der Waals surface area contributed by atoms with E-state index in [9.17, 15) is 4.79 Å². The van der Waals surface area contributed by atoms with Crippen molar-refractivity contribution in [1.29, 1.82) is 0 Å². The summed E-state index contributed by atoms with van der Waals surface area (Å²) in [4.78, 5) is 23.6. The number of halogens is 1. The SMILES string of the molecule is Cc1nc(Nc2ccc(NC(=O)Nc3cccc(Cl)c3)cc2)cc(N2CCCCC2)n1. The summed E-state index contributed by atoms with van der Waals surface area (Å²) in [5.41, 5.74) is 2.19. The van der Waals surface area contributed by atoms with Gasteiger partial charge in [0.05, 0.1) is 0 Å². The Bertz CT molecular complexity index is 1050. The first-order chi connectivity index (χ1) is 15.0. The van der Waals surface area contributed by atoms with Gasteiger partial charge in [0, 0.05) is 41.2 Å². The quantitative estimate of drug-likeness (QED) is 0.469. The molecule has 2 heterocycles. The molecule has 0 aliphatic carbocycles. The molecule has 0 spiro atoms. The smallest absolute Gasteiger partial charge is 0.323 e. The number of rotatable bonds is 5. The minimum atomic E-state index is -0.333. The van der Waals surface area contributed by atoms with E-state index in [0.717, 1.165) is 36.2 Å². The molecule has 1 saturated heterocycles. The Morgan fingerprint density at radius 2 is 1.61 bits per heavy atom. The summed E-state index contributed by atoms with van der Waals surface area (Å²) in [5, 5.41) is 9.46. The Morgan fingerprint density at radius 1 is 0.903 bits per heavy atom. The van der Waals surface area contributed by atoms with E-state index in [1.807, 2.05) is 37.3 Å². The maximum Gasteiger partial charge on any atom is 0.323 e. The fourth-order valence-electron chi connectivity index (χ4n) is 3.55. The maximum atomic E-state index is 12.2. The van der Waals surface area contributed by atoms with Crippen LogP contribution >= 0.6 is 11.6 Å². The largest absolute Gasteiger partial charge is 0.356 e. The summed E-state index contributed by atoms with van der Waals surface area (Å²) in [6.07, 6.45) is 3.68. The number of piperidine rings is 1. The Kier molecular flexibility index (Phi) is 6.52. The number of aromatic nitrogens is 2. The van der Waals surface area contributed by atoms with Gasteiger partial charge in [0.2, 0.25) is 0 Å². The van der Waals surface area contributed by atoms with E-state index < -0.39 is 0 Å². The molecule has 8 heteroatoms. The van der Waals surface area contributed by atoms with Crippen LogP contribution in [0, 0.1) is 6.92 Å². The minimum Gasteiger partial charge on any atom is -0.356 e. The molecule has 2 aromatic carbocycles. The van der Waals surface area contributed by atoms with Crippen molar-refractivity contribution in [2.45, 2.75) is 26.2 Å². The number of hydrogen-bond donors (Lipinski definition) is 3. The van der Waals surface area contributed by atoms with Crippen LogP contribution in [-0.4, -0.2) is 29.1 Å². The van der Waals surface area contributed by atoms with E-state index >= 15 is 0 Å². The molecule has 1 aromatic heterocycles. The number of aryl methyl sites for hydroxylation is 1. The summed E-state index contributed by atoms with van der Waals surface area (Å²) in [7, 11) is 0. The highest BCUT2D eigenvalue weighted by Crippen LogP contribution is 2.23. The van der Waals surface area contributed by atoms with Gasteiger partial charge >= 0.3 is 6.03 Å². The normalized spacial score (nSPS) is 13.5. The van der Waals surface area contributed by atoms with Gasteiger partial charge in [-0.25, -0.2) is 14.8 Å². The van der Waals surface area contributed by atoms with E-state index in [0.29, 0.717) is 16.4 Å². The standard InChI is InChI=1S/C23H25ClN6O/c1-16-25-21(15-22(26-16)30-12-3-2-4-13-30)27-18-8-10-19(11-9-18)28-23(31)29-20-7-5-6-17(24)14-20/h5-11,14-15H,2-4,12-13H2,1H3,(H,25,26,27)(H2,28,29,31). The lowest BCUT2D eigenvalue weighted by molar-refractivity contribution is 0.262. The molecule has 0 radical (unpaired) electrons. The number of benzene rings is 2. The van der Waals surface area contributed by atoms with Gasteiger partial charge < -0.3 is 20.9 Å². The van der Waals surface area contributed by atoms with Crippen molar-refractivity contribution in [2.24, 2.45) is 0 Å². The van der Waals surface area contributed by atoms with E-state index in [4.69, 9.17) is 11.6 Å². The number of anilines is 5. The van der Waals surface area contributed by atoms with Gasteiger partial charge in [-0.1, -0.05) is 17.7 Å². The molecule has 7 nitrogen and oxygen atoms in total. The van der Waals surface area contributed by atoms with Gasteiger partial charge in [0.25, 0.3) is 0 Å². The van der Waals surface area contributed by atoms with Gasteiger partial charge in [0.1, 0.15) is 17.5 Å². The molecular formula is C23H25ClN6O. The number of amides is 2. The van der Waals surface area contributed by atoms with Gasteiger partial charge in [-0.3, -0.25) is 0 Å². The average molecular weight is 437 g/mol. The molecule has 1 aliphatic heterocycles. The second-order valence-electron chi connectivity index (χ2n) is 7.50. The number of carbonyl (C=O) groups excluding carboxylic acids is 1. The lowest BCUT2D eigenvalue weighted by Crippen LogP contribution is -2.30. The molecule has 160 valence electrons. The third-order valence-corrected chi connectivity index (χ3v) is 5.24. The van der Waals surface area contributed by atoms with Crippen LogP contribution in [0.25, 0.3) is 0 Å². The number of hydrogen-bond acceptors (Lipinski definition) is 5. The number of carbonyl (C=O) groups is 1. The lowest BCUT2D eigenvalue weighted by Gasteiger charge is -2.28. The molecule has 2 amide bonds. The van der Waals surface area contributed by atoms with Gasteiger partial charge in [0.15, 0.2) is 0 Å². The molecule has 31 heavy (non-hydrogen) atoms. The summed E-state index contributed by atoms with van der Waals surface area (Å²) in [5.74, 6) is 2.46. The zero-order valence-electron chi connectivity index (χ0n) is 17.4. The fraction of sp³-hybridized carbons (Fsp3) is 0.261. The maximum absolute atomic E-state index is 12.2. The molecule has 1 fully saturated rings. The van der Waals surface area contributed by atoms with E-state index in [1.165, 1.54) is 19.3 Å².